The lowest BCUT2D eigenvalue weighted by Crippen LogP contribution is -2.50. The van der Waals surface area contributed by atoms with E-state index in [1.807, 2.05) is 39.0 Å². The standard InChI is InChI=1S/C19H26N4O3/c1-12-11-13(20-18(25)26-19(2,3)4)9-10-23(12)17-21-15-8-6-5-7-14(15)16(24)22-17/h5-8,12-13H,9-11H2,1-4H3,(H,20,25)(H,21,22,24). The van der Waals surface area contributed by atoms with Crippen molar-refractivity contribution in [2.75, 3.05) is 11.4 Å². The smallest absolute Gasteiger partial charge is 0.407 e. The molecule has 2 aromatic rings. The number of hydrogen-bond donors (Lipinski definition) is 2. The average Bonchev–Trinajstić information content (AvgIpc) is 2.53. The first-order valence-corrected chi connectivity index (χ1v) is 8.98. The molecule has 0 saturated carbocycles. The van der Waals surface area contributed by atoms with Gasteiger partial charge in [-0.1, -0.05) is 12.1 Å². The zero-order valence-corrected chi connectivity index (χ0v) is 15.7. The lowest BCUT2D eigenvalue weighted by atomic mass is 9.99. The van der Waals surface area contributed by atoms with E-state index in [1.165, 1.54) is 0 Å². The summed E-state index contributed by atoms with van der Waals surface area (Å²) in [4.78, 5) is 33.8. The first-order valence-electron chi connectivity index (χ1n) is 8.98. The first-order chi connectivity index (χ1) is 12.2. The molecule has 2 unspecified atom stereocenters. The Hall–Kier alpha value is -2.57. The molecule has 1 aromatic heterocycles. The Bertz CT molecular complexity index is 856. The number of carbonyl (C=O) groups excluding carboxylic acids is 1. The van der Waals surface area contributed by atoms with E-state index in [9.17, 15) is 9.59 Å². The first kappa shape index (κ1) is 18.2. The number of aromatic amines is 1. The molecule has 1 fully saturated rings. The lowest BCUT2D eigenvalue weighted by molar-refractivity contribution is 0.0494. The lowest BCUT2D eigenvalue weighted by Gasteiger charge is -2.38. The molecule has 0 spiro atoms. The van der Waals surface area contributed by atoms with Crippen LogP contribution < -0.4 is 15.8 Å². The number of benzene rings is 1. The van der Waals surface area contributed by atoms with Crippen LogP contribution in [0.25, 0.3) is 10.9 Å². The molecule has 1 aliphatic heterocycles. The molecule has 140 valence electrons. The number of para-hydroxylation sites is 1. The van der Waals surface area contributed by atoms with Crippen LogP contribution in [0.4, 0.5) is 10.7 Å². The van der Waals surface area contributed by atoms with Crippen molar-refractivity contribution in [3.05, 3.63) is 34.6 Å². The van der Waals surface area contributed by atoms with Crippen molar-refractivity contribution in [3.8, 4) is 0 Å². The van der Waals surface area contributed by atoms with Crippen LogP contribution >= 0.6 is 0 Å². The third-order valence-corrected chi connectivity index (χ3v) is 4.47. The zero-order chi connectivity index (χ0) is 18.9. The van der Waals surface area contributed by atoms with E-state index in [4.69, 9.17) is 4.74 Å². The molecule has 2 N–H and O–H groups in total. The van der Waals surface area contributed by atoms with Crippen LogP contribution in [0.15, 0.2) is 29.1 Å². The number of piperidine rings is 1. The van der Waals surface area contributed by atoms with Gasteiger partial charge in [-0.2, -0.15) is 0 Å². The molecule has 0 bridgehead atoms. The highest BCUT2D eigenvalue weighted by atomic mass is 16.6. The predicted molar refractivity (Wildman–Crippen MR) is 102 cm³/mol. The average molecular weight is 358 g/mol. The molecule has 0 aliphatic carbocycles. The van der Waals surface area contributed by atoms with Gasteiger partial charge in [0.25, 0.3) is 5.56 Å². The van der Waals surface area contributed by atoms with Gasteiger partial charge < -0.3 is 15.0 Å². The summed E-state index contributed by atoms with van der Waals surface area (Å²) in [6, 6.07) is 7.49. The highest BCUT2D eigenvalue weighted by Gasteiger charge is 2.29. The monoisotopic (exact) mass is 358 g/mol. The number of rotatable bonds is 2. The number of fused-ring (bicyclic) bond motifs is 1. The van der Waals surface area contributed by atoms with E-state index in [0.29, 0.717) is 23.4 Å². The topological polar surface area (TPSA) is 87.3 Å². The third kappa shape index (κ3) is 4.15. The molecule has 1 amide bonds. The molecule has 3 rings (SSSR count). The normalized spacial score (nSPS) is 20.8. The minimum atomic E-state index is -0.509. The molecule has 2 atom stereocenters. The maximum Gasteiger partial charge on any atom is 0.407 e. The van der Waals surface area contributed by atoms with E-state index < -0.39 is 5.60 Å². The van der Waals surface area contributed by atoms with Crippen molar-refractivity contribution in [1.29, 1.82) is 0 Å². The fourth-order valence-corrected chi connectivity index (χ4v) is 3.30. The second kappa shape index (κ2) is 6.97. The van der Waals surface area contributed by atoms with Gasteiger partial charge >= 0.3 is 6.09 Å². The number of aromatic nitrogens is 2. The maximum atomic E-state index is 12.3. The summed E-state index contributed by atoms with van der Waals surface area (Å²) in [6.45, 7) is 8.31. The molecular weight excluding hydrogens is 332 g/mol. The molecule has 1 aliphatic rings. The van der Waals surface area contributed by atoms with Crippen LogP contribution in [-0.2, 0) is 4.74 Å². The number of ether oxygens (including phenoxy) is 1. The Balaban J connectivity index is 1.70. The number of nitrogens with one attached hydrogen (secondary N) is 2. The van der Waals surface area contributed by atoms with Crippen molar-refractivity contribution in [2.24, 2.45) is 0 Å². The van der Waals surface area contributed by atoms with Crippen molar-refractivity contribution in [1.82, 2.24) is 15.3 Å². The molecule has 1 aromatic carbocycles. The van der Waals surface area contributed by atoms with Gasteiger partial charge in [-0.3, -0.25) is 9.78 Å². The molecule has 0 radical (unpaired) electrons. The Kier molecular flexibility index (Phi) is 4.89. The minimum Gasteiger partial charge on any atom is -0.444 e. The summed E-state index contributed by atoms with van der Waals surface area (Å²) in [5, 5.41) is 3.53. The summed E-state index contributed by atoms with van der Waals surface area (Å²) in [7, 11) is 0. The summed E-state index contributed by atoms with van der Waals surface area (Å²) < 4.78 is 5.33. The number of anilines is 1. The van der Waals surface area contributed by atoms with Crippen LogP contribution in [0.3, 0.4) is 0 Å². The highest BCUT2D eigenvalue weighted by Crippen LogP contribution is 2.22. The quantitative estimate of drug-likeness (QED) is 0.862. The number of nitrogens with zero attached hydrogens (tertiary/aromatic N) is 2. The van der Waals surface area contributed by atoms with E-state index in [2.05, 4.69) is 27.1 Å². The molecule has 7 nitrogen and oxygen atoms in total. The Morgan fingerprint density at radius 3 is 2.77 bits per heavy atom. The van der Waals surface area contributed by atoms with Crippen molar-refractivity contribution in [3.63, 3.8) is 0 Å². The Morgan fingerprint density at radius 1 is 1.35 bits per heavy atom. The van der Waals surface area contributed by atoms with Gasteiger partial charge in [-0.05, 0) is 52.7 Å². The number of H-pyrrole nitrogens is 1. The molecule has 7 heteroatoms. The number of alkyl carbamates (subject to hydrolysis) is 1. The fourth-order valence-electron chi connectivity index (χ4n) is 3.30. The van der Waals surface area contributed by atoms with Gasteiger partial charge in [-0.15, -0.1) is 0 Å². The van der Waals surface area contributed by atoms with Crippen LogP contribution in [-0.4, -0.2) is 40.3 Å². The number of hydrogen-bond acceptors (Lipinski definition) is 5. The summed E-state index contributed by atoms with van der Waals surface area (Å²) >= 11 is 0. The fraction of sp³-hybridized carbons (Fsp3) is 0.526. The molecule has 26 heavy (non-hydrogen) atoms. The summed E-state index contributed by atoms with van der Waals surface area (Å²) in [5.74, 6) is 0.580. The molecule has 1 saturated heterocycles. The van der Waals surface area contributed by atoms with Crippen LogP contribution in [0.2, 0.25) is 0 Å². The number of amides is 1. The second-order valence-electron chi connectivity index (χ2n) is 7.82. The van der Waals surface area contributed by atoms with Gasteiger partial charge in [0, 0.05) is 18.6 Å². The van der Waals surface area contributed by atoms with Gasteiger partial charge in [0.15, 0.2) is 0 Å². The van der Waals surface area contributed by atoms with E-state index in [0.717, 1.165) is 12.8 Å². The van der Waals surface area contributed by atoms with Gasteiger partial charge in [0.1, 0.15) is 5.60 Å². The molecular formula is C19H26N4O3. The third-order valence-electron chi connectivity index (χ3n) is 4.47. The summed E-state index contributed by atoms with van der Waals surface area (Å²) in [6.07, 6.45) is 1.14. The highest BCUT2D eigenvalue weighted by molar-refractivity contribution is 5.78. The van der Waals surface area contributed by atoms with Gasteiger partial charge in [0.05, 0.1) is 10.9 Å². The van der Waals surface area contributed by atoms with Crippen LogP contribution in [0.5, 0.6) is 0 Å². The largest absolute Gasteiger partial charge is 0.444 e. The zero-order valence-electron chi connectivity index (χ0n) is 15.7. The Morgan fingerprint density at radius 2 is 2.08 bits per heavy atom. The molecule has 2 heterocycles. The Labute approximate surface area is 152 Å². The van der Waals surface area contributed by atoms with Gasteiger partial charge in [0.2, 0.25) is 5.95 Å². The van der Waals surface area contributed by atoms with Crippen molar-refractivity contribution < 1.29 is 9.53 Å². The summed E-state index contributed by atoms with van der Waals surface area (Å²) in [5.41, 5.74) is 0.0458. The predicted octanol–water partition coefficient (Wildman–Crippen LogP) is 2.81. The van der Waals surface area contributed by atoms with Crippen molar-refractivity contribution >= 4 is 22.9 Å². The van der Waals surface area contributed by atoms with Crippen molar-refractivity contribution in [2.45, 2.75) is 58.2 Å². The SMILES string of the molecule is CC1CC(NC(=O)OC(C)(C)C)CCN1c1nc2ccccc2c(=O)[nH]1. The van der Waals surface area contributed by atoms with Gasteiger partial charge in [-0.25, -0.2) is 9.78 Å². The van der Waals surface area contributed by atoms with Crippen LogP contribution in [0.1, 0.15) is 40.5 Å². The van der Waals surface area contributed by atoms with E-state index in [-0.39, 0.29) is 23.7 Å². The number of carbonyl (C=O) groups is 1. The van der Waals surface area contributed by atoms with E-state index >= 15 is 0 Å². The minimum absolute atomic E-state index is 0.0447. The maximum absolute atomic E-state index is 12.3. The van der Waals surface area contributed by atoms with E-state index in [1.54, 1.807) is 6.07 Å². The van der Waals surface area contributed by atoms with Crippen LogP contribution in [0, 0.1) is 0 Å². The second-order valence-corrected chi connectivity index (χ2v) is 7.82.